The zero-order chi connectivity index (χ0) is 32.2. The van der Waals surface area contributed by atoms with Gasteiger partial charge in [0.1, 0.15) is 12.3 Å². The van der Waals surface area contributed by atoms with E-state index in [1.165, 1.54) is 18.2 Å². The number of guanidine groups is 1. The lowest BCUT2D eigenvalue weighted by molar-refractivity contribution is -0.137. The van der Waals surface area contributed by atoms with Gasteiger partial charge in [-0.25, -0.2) is 9.79 Å². The number of unbranched alkanes of at least 4 members (excludes halogenated alkanes) is 1. The molecule has 0 unspecified atom stereocenters. The molecule has 0 bridgehead atoms. The highest BCUT2D eigenvalue weighted by Gasteiger charge is 2.22. The highest BCUT2D eigenvalue weighted by molar-refractivity contribution is 6.10. The second-order valence-corrected chi connectivity index (χ2v) is 9.80. The number of nitrogens with zero attached hydrogens (tertiary/aromatic N) is 2. The Bertz CT molecular complexity index is 1620. The van der Waals surface area contributed by atoms with Crippen LogP contribution in [-0.2, 0) is 20.8 Å². The number of nitrogens with two attached hydrogens (primary N) is 2. The molecule has 0 aliphatic heterocycles. The van der Waals surface area contributed by atoms with Crippen molar-refractivity contribution in [1.82, 2.24) is 0 Å². The summed E-state index contributed by atoms with van der Waals surface area (Å²) < 4.78 is 5.56. The number of benzene rings is 3. The van der Waals surface area contributed by atoms with Crippen molar-refractivity contribution < 1.29 is 34.1 Å². The molecule has 0 saturated carbocycles. The first-order valence-electron chi connectivity index (χ1n) is 13.7. The molecule has 6 N–H and O–H groups in total. The second-order valence-electron chi connectivity index (χ2n) is 9.80. The number of allylic oxidation sites excluding steroid dienone is 1. The van der Waals surface area contributed by atoms with Gasteiger partial charge in [0, 0.05) is 11.3 Å². The number of carbonyl (C=O) groups is 4. The van der Waals surface area contributed by atoms with Crippen molar-refractivity contribution in [2.45, 2.75) is 33.1 Å². The standard InChI is InChI=1S/C33H34N4O7/c1-3-4-7-23(31(42)37(20-30(40)41)27-8-5-6-22(17-27)18-29(38)39)10-11-25-19-28(16-9-21(25)2)44-32(43)24-12-14-26(15-13-24)36-33(34)35/h5-17,19H,3-4,18,20H2,1-2H3,(H,38,39)(H,40,41)(H4,34,35,36)/b11-10-,23-7-. The summed E-state index contributed by atoms with van der Waals surface area (Å²) in [5.74, 6) is -3.25. The Balaban J connectivity index is 1.88. The number of ether oxygens (including phenoxy) is 1. The number of aryl methyl sites for hydroxylation is 1. The molecule has 1 amide bonds. The quantitative estimate of drug-likeness (QED) is 0.0545. The van der Waals surface area contributed by atoms with E-state index in [1.807, 2.05) is 13.8 Å². The van der Waals surface area contributed by atoms with Crippen LogP contribution in [0.5, 0.6) is 5.75 Å². The number of carbonyl (C=O) groups excluding carboxylic acids is 2. The van der Waals surface area contributed by atoms with Crippen molar-refractivity contribution in [1.29, 1.82) is 0 Å². The summed E-state index contributed by atoms with van der Waals surface area (Å²) >= 11 is 0. The topological polar surface area (TPSA) is 186 Å². The van der Waals surface area contributed by atoms with Gasteiger partial charge in [-0.3, -0.25) is 19.3 Å². The Hall–Kier alpha value is -5.71. The van der Waals surface area contributed by atoms with Crippen molar-refractivity contribution in [2.24, 2.45) is 16.5 Å². The van der Waals surface area contributed by atoms with Gasteiger partial charge in [-0.2, -0.15) is 0 Å². The molecule has 44 heavy (non-hydrogen) atoms. The molecule has 11 nitrogen and oxygen atoms in total. The smallest absolute Gasteiger partial charge is 0.343 e. The monoisotopic (exact) mass is 598 g/mol. The van der Waals surface area contributed by atoms with Crippen LogP contribution in [-0.4, -0.2) is 46.5 Å². The van der Waals surface area contributed by atoms with E-state index in [4.69, 9.17) is 21.3 Å². The van der Waals surface area contributed by atoms with E-state index in [-0.39, 0.29) is 29.4 Å². The number of carboxylic acids is 2. The third-order valence-corrected chi connectivity index (χ3v) is 6.28. The van der Waals surface area contributed by atoms with E-state index in [9.17, 15) is 24.3 Å². The molecule has 0 saturated heterocycles. The van der Waals surface area contributed by atoms with Crippen LogP contribution in [0.2, 0.25) is 0 Å². The summed E-state index contributed by atoms with van der Waals surface area (Å²) in [6.45, 7) is 3.18. The van der Waals surface area contributed by atoms with Crippen LogP contribution in [0.1, 0.15) is 46.8 Å². The lowest BCUT2D eigenvalue weighted by Crippen LogP contribution is -2.36. The number of esters is 1. The van der Waals surface area contributed by atoms with Crippen LogP contribution in [0.25, 0.3) is 6.08 Å². The number of anilines is 1. The summed E-state index contributed by atoms with van der Waals surface area (Å²) in [7, 11) is 0. The van der Waals surface area contributed by atoms with Crippen molar-refractivity contribution >= 4 is 47.2 Å². The molecule has 3 aromatic rings. The summed E-state index contributed by atoms with van der Waals surface area (Å²) in [4.78, 5) is 54.4. The minimum absolute atomic E-state index is 0.102. The average molecular weight is 599 g/mol. The number of hydrogen-bond donors (Lipinski definition) is 4. The lowest BCUT2D eigenvalue weighted by Gasteiger charge is -2.22. The van der Waals surface area contributed by atoms with Crippen molar-refractivity contribution in [3.8, 4) is 5.75 Å². The molecule has 228 valence electrons. The fourth-order valence-electron chi connectivity index (χ4n) is 4.14. The van der Waals surface area contributed by atoms with Gasteiger partial charge in [-0.15, -0.1) is 0 Å². The first-order chi connectivity index (χ1) is 21.0. The second kappa shape index (κ2) is 15.5. The fourth-order valence-corrected chi connectivity index (χ4v) is 4.14. The van der Waals surface area contributed by atoms with Crippen LogP contribution in [0, 0.1) is 6.92 Å². The summed E-state index contributed by atoms with van der Waals surface area (Å²) in [5, 5.41) is 18.7. The first-order valence-corrected chi connectivity index (χ1v) is 13.7. The van der Waals surface area contributed by atoms with Gasteiger partial charge in [0.2, 0.25) is 0 Å². The predicted molar refractivity (Wildman–Crippen MR) is 168 cm³/mol. The molecule has 0 aliphatic rings. The van der Waals surface area contributed by atoms with Crippen LogP contribution >= 0.6 is 0 Å². The zero-order valence-corrected chi connectivity index (χ0v) is 24.4. The molecule has 0 heterocycles. The third-order valence-electron chi connectivity index (χ3n) is 6.28. The molecule has 0 aromatic heterocycles. The molecule has 11 heteroatoms. The molecule has 0 fully saturated rings. The van der Waals surface area contributed by atoms with E-state index in [0.29, 0.717) is 28.8 Å². The number of aliphatic imine (C=N–C) groups is 1. The van der Waals surface area contributed by atoms with Crippen LogP contribution in [0.15, 0.2) is 89.4 Å². The third kappa shape index (κ3) is 9.69. The van der Waals surface area contributed by atoms with E-state index in [1.54, 1.807) is 66.8 Å². The molecule has 0 atom stereocenters. The van der Waals surface area contributed by atoms with Crippen molar-refractivity contribution in [3.63, 3.8) is 0 Å². The normalized spacial score (nSPS) is 11.2. The Labute approximate surface area is 254 Å². The lowest BCUT2D eigenvalue weighted by atomic mass is 10.0. The summed E-state index contributed by atoms with van der Waals surface area (Å²) in [6, 6.07) is 17.5. The van der Waals surface area contributed by atoms with Gasteiger partial charge < -0.3 is 26.4 Å². The maximum absolute atomic E-state index is 13.7. The first kappa shape index (κ1) is 32.8. The van der Waals surface area contributed by atoms with Crippen molar-refractivity contribution in [2.75, 3.05) is 11.4 Å². The Kier molecular flexibility index (Phi) is 11.6. The molecular weight excluding hydrogens is 564 g/mol. The van der Waals surface area contributed by atoms with Gasteiger partial charge in [0.15, 0.2) is 5.96 Å². The SMILES string of the molecule is CCC/C=C(/C=C\c1cc(OC(=O)c2ccc(N=C(N)N)cc2)ccc1C)C(=O)N(CC(=O)O)c1cccc(CC(=O)O)c1. The Morgan fingerprint density at radius 3 is 2.32 bits per heavy atom. The van der Waals surface area contributed by atoms with Crippen LogP contribution in [0.4, 0.5) is 11.4 Å². The number of rotatable bonds is 13. The van der Waals surface area contributed by atoms with E-state index >= 15 is 0 Å². The highest BCUT2D eigenvalue weighted by atomic mass is 16.5. The van der Waals surface area contributed by atoms with Gasteiger partial charge in [-0.1, -0.05) is 43.7 Å². The molecule has 0 radical (unpaired) electrons. The van der Waals surface area contributed by atoms with Gasteiger partial charge in [0.05, 0.1) is 17.7 Å². The van der Waals surface area contributed by atoms with E-state index in [2.05, 4.69) is 4.99 Å². The van der Waals surface area contributed by atoms with Gasteiger partial charge >= 0.3 is 17.9 Å². The predicted octanol–water partition coefficient (Wildman–Crippen LogP) is 4.60. The minimum atomic E-state index is -1.22. The number of amides is 1. The molecular formula is C33H34N4O7. The number of aliphatic carboxylic acids is 2. The fraction of sp³-hybridized carbons (Fsp3) is 0.182. The van der Waals surface area contributed by atoms with Gasteiger partial charge in [0.25, 0.3) is 5.91 Å². The highest BCUT2D eigenvalue weighted by Crippen LogP contribution is 2.24. The summed E-state index contributed by atoms with van der Waals surface area (Å²) in [5.41, 5.74) is 14.0. The molecule has 3 rings (SSSR count). The maximum Gasteiger partial charge on any atom is 0.343 e. The summed E-state index contributed by atoms with van der Waals surface area (Å²) in [6.07, 6.45) is 6.03. The molecule has 0 spiro atoms. The van der Waals surface area contributed by atoms with Crippen molar-refractivity contribution in [3.05, 3.63) is 107 Å². The minimum Gasteiger partial charge on any atom is -0.481 e. The van der Waals surface area contributed by atoms with E-state index in [0.717, 1.165) is 16.9 Å². The van der Waals surface area contributed by atoms with Crippen LogP contribution in [0.3, 0.4) is 0 Å². The Morgan fingerprint density at radius 1 is 0.955 bits per heavy atom. The molecule has 0 aliphatic carbocycles. The largest absolute Gasteiger partial charge is 0.481 e. The van der Waals surface area contributed by atoms with E-state index < -0.39 is 30.4 Å². The maximum atomic E-state index is 13.7. The number of hydrogen-bond acceptors (Lipinski definition) is 6. The Morgan fingerprint density at radius 2 is 1.68 bits per heavy atom. The average Bonchev–Trinajstić information content (AvgIpc) is 2.97. The zero-order valence-electron chi connectivity index (χ0n) is 24.4. The van der Waals surface area contributed by atoms with Crippen LogP contribution < -0.4 is 21.1 Å². The number of carboxylic acid groups (broad SMARTS) is 2. The van der Waals surface area contributed by atoms with Gasteiger partial charge in [-0.05, 0) is 84.6 Å². The molecule has 3 aromatic carbocycles.